The van der Waals surface area contributed by atoms with Crippen molar-refractivity contribution in [3.63, 3.8) is 0 Å². The Morgan fingerprint density at radius 3 is 2.59 bits per heavy atom. The maximum atomic E-state index is 12.6. The van der Waals surface area contributed by atoms with Crippen LogP contribution in [0, 0.1) is 19.8 Å². The van der Waals surface area contributed by atoms with Crippen molar-refractivity contribution in [2.24, 2.45) is 5.92 Å². The first kappa shape index (κ1) is 23.9. The first-order chi connectivity index (χ1) is 15.2. The number of aromatic nitrogens is 2. The van der Waals surface area contributed by atoms with Gasteiger partial charge in [0.05, 0.1) is 24.5 Å². The molecule has 174 valence electrons. The van der Waals surface area contributed by atoms with Gasteiger partial charge in [0.1, 0.15) is 10.7 Å². The molecule has 1 aliphatic rings. The summed E-state index contributed by atoms with van der Waals surface area (Å²) in [5.41, 5.74) is 0.750. The lowest BCUT2D eigenvalue weighted by molar-refractivity contribution is -0.151. The van der Waals surface area contributed by atoms with Crippen LogP contribution in [0.3, 0.4) is 0 Å². The van der Waals surface area contributed by atoms with E-state index in [1.807, 2.05) is 13.8 Å². The third-order valence-electron chi connectivity index (χ3n) is 5.93. The number of carbonyl (C=O) groups is 3. The number of nitrogens with zero attached hydrogens (tertiary/aromatic N) is 3. The molecule has 1 saturated heterocycles. The fourth-order valence-corrected chi connectivity index (χ4v) is 4.90. The predicted octanol–water partition coefficient (Wildman–Crippen LogP) is 1.79. The van der Waals surface area contributed by atoms with Crippen molar-refractivity contribution in [2.45, 2.75) is 46.5 Å². The fourth-order valence-electron chi connectivity index (χ4n) is 3.85. The van der Waals surface area contributed by atoms with Gasteiger partial charge in [0.2, 0.25) is 11.8 Å². The summed E-state index contributed by atoms with van der Waals surface area (Å²) >= 11 is 1.47. The van der Waals surface area contributed by atoms with Crippen LogP contribution in [-0.4, -0.2) is 70.8 Å². The number of hydrogen-bond acceptors (Lipinski definition) is 7. The van der Waals surface area contributed by atoms with Crippen LogP contribution in [0.2, 0.25) is 0 Å². The fraction of sp³-hybridized carbons (Fsp3) is 0.591. The quantitative estimate of drug-likeness (QED) is 0.628. The number of likely N-dealkylation sites (N-methyl/N-ethyl adjacent to an activating group) is 1. The number of aryl methyl sites for hydroxylation is 3. The lowest BCUT2D eigenvalue weighted by Gasteiger charge is -2.32. The molecule has 3 rings (SSSR count). The lowest BCUT2D eigenvalue weighted by atomic mass is 9.97. The summed E-state index contributed by atoms with van der Waals surface area (Å²) in [6.07, 6.45) is 1.59. The van der Waals surface area contributed by atoms with Crippen molar-refractivity contribution in [3.8, 4) is 0 Å². The van der Waals surface area contributed by atoms with Gasteiger partial charge in [0.25, 0.3) is 5.56 Å². The van der Waals surface area contributed by atoms with E-state index in [1.165, 1.54) is 16.2 Å². The normalized spacial score (nSPS) is 14.6. The van der Waals surface area contributed by atoms with Crippen LogP contribution < -0.4 is 5.56 Å². The van der Waals surface area contributed by atoms with Crippen LogP contribution >= 0.6 is 11.3 Å². The predicted molar refractivity (Wildman–Crippen MR) is 122 cm³/mol. The molecular formula is C22H30N4O5S. The first-order valence-electron chi connectivity index (χ1n) is 10.9. The molecule has 0 bridgehead atoms. The number of nitrogens with one attached hydrogen (secondary N) is 1. The van der Waals surface area contributed by atoms with Gasteiger partial charge in [-0.1, -0.05) is 0 Å². The van der Waals surface area contributed by atoms with E-state index in [0.717, 1.165) is 10.4 Å². The van der Waals surface area contributed by atoms with Gasteiger partial charge in [-0.3, -0.25) is 19.2 Å². The van der Waals surface area contributed by atoms with E-state index in [0.29, 0.717) is 55.0 Å². The first-order valence-corrected chi connectivity index (χ1v) is 11.7. The number of H-pyrrole nitrogens is 1. The molecule has 0 unspecified atom stereocenters. The smallest absolute Gasteiger partial charge is 0.309 e. The zero-order valence-electron chi connectivity index (χ0n) is 19.0. The van der Waals surface area contributed by atoms with Crippen molar-refractivity contribution >= 4 is 39.3 Å². The van der Waals surface area contributed by atoms with Crippen LogP contribution in [0.15, 0.2) is 4.79 Å². The summed E-state index contributed by atoms with van der Waals surface area (Å²) in [4.78, 5) is 61.4. The molecule has 10 heteroatoms. The molecule has 3 heterocycles. The molecule has 0 atom stereocenters. The number of ether oxygens (including phenoxy) is 1. The Labute approximate surface area is 190 Å². The molecule has 2 amide bonds. The molecule has 9 nitrogen and oxygen atoms in total. The number of likely N-dealkylation sites (tertiary alicyclic amines) is 1. The summed E-state index contributed by atoms with van der Waals surface area (Å²) in [7, 11) is 1.59. The summed E-state index contributed by atoms with van der Waals surface area (Å²) in [5.74, 6) is -0.231. The summed E-state index contributed by atoms with van der Waals surface area (Å²) in [6, 6.07) is 0. The third kappa shape index (κ3) is 5.35. The van der Waals surface area contributed by atoms with Crippen LogP contribution in [0.5, 0.6) is 0 Å². The minimum atomic E-state index is -0.204. The Hall–Kier alpha value is -2.75. The monoisotopic (exact) mass is 462 g/mol. The second-order valence-corrected chi connectivity index (χ2v) is 9.34. The molecular weight excluding hydrogens is 432 g/mol. The highest BCUT2D eigenvalue weighted by molar-refractivity contribution is 7.18. The Kier molecular flexibility index (Phi) is 7.65. The molecule has 1 aliphatic heterocycles. The van der Waals surface area contributed by atoms with E-state index in [1.54, 1.807) is 18.9 Å². The second-order valence-electron chi connectivity index (χ2n) is 8.13. The number of carbonyl (C=O) groups excluding carboxylic acids is 3. The van der Waals surface area contributed by atoms with Gasteiger partial charge < -0.3 is 19.5 Å². The summed E-state index contributed by atoms with van der Waals surface area (Å²) in [6.45, 7) is 6.93. The highest BCUT2D eigenvalue weighted by atomic mass is 32.1. The van der Waals surface area contributed by atoms with Gasteiger partial charge in [0, 0.05) is 37.9 Å². The van der Waals surface area contributed by atoms with Gasteiger partial charge >= 0.3 is 5.97 Å². The van der Waals surface area contributed by atoms with E-state index in [-0.39, 0.29) is 42.2 Å². The number of rotatable bonds is 7. The van der Waals surface area contributed by atoms with Crippen molar-refractivity contribution in [2.75, 3.05) is 33.3 Å². The molecule has 0 aliphatic carbocycles. The largest absolute Gasteiger partial charge is 0.466 e. The number of piperidine rings is 1. The Bertz CT molecular complexity index is 1070. The maximum Gasteiger partial charge on any atom is 0.309 e. The molecule has 32 heavy (non-hydrogen) atoms. The van der Waals surface area contributed by atoms with Gasteiger partial charge in [-0.25, -0.2) is 4.98 Å². The topological polar surface area (TPSA) is 113 Å². The maximum absolute atomic E-state index is 12.6. The third-order valence-corrected chi connectivity index (χ3v) is 7.03. The number of fused-ring (bicyclic) bond motifs is 1. The number of amides is 2. The standard InChI is InChI=1S/C22H30N4O5S/c1-5-31-22(30)15-8-10-26(11-9-15)18(28)12-25(4)17(27)7-6-16-23-20(29)19-13(2)14(3)32-21(19)24-16/h15H,5-12H2,1-4H3,(H,23,24,29). The Morgan fingerprint density at radius 2 is 1.94 bits per heavy atom. The minimum Gasteiger partial charge on any atom is -0.466 e. The minimum absolute atomic E-state index is 0.0186. The average molecular weight is 463 g/mol. The Balaban J connectivity index is 1.50. The van der Waals surface area contributed by atoms with Crippen LogP contribution in [-0.2, 0) is 25.5 Å². The van der Waals surface area contributed by atoms with Gasteiger partial charge in [0.15, 0.2) is 0 Å². The highest BCUT2D eigenvalue weighted by Gasteiger charge is 2.29. The molecule has 0 radical (unpaired) electrons. The van der Waals surface area contributed by atoms with E-state index in [9.17, 15) is 19.2 Å². The van der Waals surface area contributed by atoms with Crippen molar-refractivity contribution in [1.82, 2.24) is 19.8 Å². The van der Waals surface area contributed by atoms with Crippen LogP contribution in [0.4, 0.5) is 0 Å². The van der Waals surface area contributed by atoms with Crippen molar-refractivity contribution in [3.05, 3.63) is 26.6 Å². The van der Waals surface area contributed by atoms with E-state index >= 15 is 0 Å². The van der Waals surface area contributed by atoms with Crippen molar-refractivity contribution in [1.29, 1.82) is 0 Å². The SMILES string of the molecule is CCOC(=O)C1CCN(C(=O)CN(C)C(=O)CCc2nc3sc(C)c(C)c3c(=O)[nH]2)CC1. The number of hydrogen-bond donors (Lipinski definition) is 1. The van der Waals surface area contributed by atoms with Gasteiger partial charge in [-0.2, -0.15) is 0 Å². The lowest BCUT2D eigenvalue weighted by Crippen LogP contribution is -2.45. The molecule has 1 N–H and O–H groups in total. The number of thiophene rings is 1. The molecule has 0 aromatic carbocycles. The number of esters is 1. The van der Waals surface area contributed by atoms with Gasteiger partial charge in [-0.05, 0) is 39.2 Å². The molecule has 2 aromatic rings. The highest BCUT2D eigenvalue weighted by Crippen LogP contribution is 2.25. The van der Waals surface area contributed by atoms with Crippen LogP contribution in [0.1, 0.15) is 42.5 Å². The van der Waals surface area contributed by atoms with Gasteiger partial charge in [-0.15, -0.1) is 11.3 Å². The summed E-state index contributed by atoms with van der Waals surface area (Å²) in [5, 5.41) is 0.608. The molecule has 1 fully saturated rings. The molecule has 0 spiro atoms. The molecule has 0 saturated carbocycles. The molecule has 2 aromatic heterocycles. The number of aromatic amines is 1. The average Bonchev–Trinajstić information content (AvgIpc) is 3.05. The zero-order valence-corrected chi connectivity index (χ0v) is 19.8. The van der Waals surface area contributed by atoms with E-state index < -0.39 is 0 Å². The van der Waals surface area contributed by atoms with E-state index in [4.69, 9.17) is 4.74 Å². The summed E-state index contributed by atoms with van der Waals surface area (Å²) < 4.78 is 5.05. The second kappa shape index (κ2) is 10.2. The van der Waals surface area contributed by atoms with E-state index in [2.05, 4.69) is 9.97 Å². The van der Waals surface area contributed by atoms with Crippen LogP contribution in [0.25, 0.3) is 10.2 Å². The zero-order chi connectivity index (χ0) is 23.4. The Morgan fingerprint density at radius 1 is 1.25 bits per heavy atom. The van der Waals surface area contributed by atoms with Crippen molar-refractivity contribution < 1.29 is 19.1 Å².